The van der Waals surface area contributed by atoms with Crippen molar-refractivity contribution in [2.75, 3.05) is 13.4 Å². The number of esters is 2. The zero-order chi connectivity index (χ0) is 18.0. The number of hydrogen-bond acceptors (Lipinski definition) is 8. The molecule has 0 aliphatic carbocycles. The second kappa shape index (κ2) is 7.02. The monoisotopic (exact) mass is 350 g/mol. The van der Waals surface area contributed by atoms with Gasteiger partial charge in [-0.2, -0.15) is 0 Å². The number of carbonyl (C=O) groups is 2. The number of phenolic OH excluding ortho intramolecular Hbond substituents is 1. The third kappa shape index (κ3) is 3.85. The molecule has 0 fully saturated rings. The van der Waals surface area contributed by atoms with Crippen molar-refractivity contribution in [3.8, 4) is 17.2 Å². The van der Waals surface area contributed by atoms with Crippen LogP contribution in [0.2, 0.25) is 0 Å². The van der Waals surface area contributed by atoms with Crippen molar-refractivity contribution in [2.24, 2.45) is 0 Å². The van der Waals surface area contributed by atoms with Gasteiger partial charge in [0.2, 0.25) is 6.79 Å². The lowest BCUT2D eigenvalue weighted by molar-refractivity contribution is -0.163. The molecule has 0 saturated heterocycles. The van der Waals surface area contributed by atoms with Crippen LogP contribution in [0.15, 0.2) is 24.3 Å². The maximum absolute atomic E-state index is 11.2. The number of carbonyl (C=O) groups excluding carboxylic acids is 2. The summed E-state index contributed by atoms with van der Waals surface area (Å²) in [6, 6.07) is 3.08. The molecule has 0 radical (unpaired) electrons. The Bertz CT molecular complexity index is 711. The lowest BCUT2D eigenvalue weighted by Gasteiger charge is -2.31. The van der Waals surface area contributed by atoms with Crippen LogP contribution in [0.3, 0.4) is 0 Å². The summed E-state index contributed by atoms with van der Waals surface area (Å²) in [5.41, 5.74) is 0.467. The van der Waals surface area contributed by atoms with E-state index in [2.05, 4.69) is 0 Å². The minimum atomic E-state index is -0.701. The standard InChI is InChI=1S/C17H18O8/c1-9(18)21-7-17-14(24-10(2)19)4-3-13(25-17)11-5-15-16(6-12(11)20)23-8-22-15/h3-6,13-14,17,20H,7-8H2,1-2H3/t13-,14-,17+/m0/s1. The average molecular weight is 350 g/mol. The summed E-state index contributed by atoms with van der Waals surface area (Å²) >= 11 is 0. The molecule has 1 aromatic carbocycles. The van der Waals surface area contributed by atoms with Gasteiger partial charge in [0.05, 0.1) is 0 Å². The Morgan fingerprint density at radius 1 is 1.16 bits per heavy atom. The normalized spacial score (nSPS) is 24.0. The van der Waals surface area contributed by atoms with Gasteiger partial charge in [-0.15, -0.1) is 0 Å². The fraction of sp³-hybridized carbons (Fsp3) is 0.412. The van der Waals surface area contributed by atoms with E-state index in [1.807, 2.05) is 0 Å². The van der Waals surface area contributed by atoms with Crippen LogP contribution in [0.4, 0.5) is 0 Å². The molecule has 25 heavy (non-hydrogen) atoms. The third-order valence-corrected chi connectivity index (χ3v) is 3.74. The van der Waals surface area contributed by atoms with Crippen molar-refractivity contribution >= 4 is 11.9 Å². The van der Waals surface area contributed by atoms with Gasteiger partial charge in [-0.1, -0.05) is 6.08 Å². The van der Waals surface area contributed by atoms with E-state index in [-0.39, 0.29) is 19.1 Å². The van der Waals surface area contributed by atoms with Gasteiger partial charge >= 0.3 is 11.9 Å². The Morgan fingerprint density at radius 3 is 2.56 bits per heavy atom. The first-order valence-electron chi connectivity index (χ1n) is 7.71. The number of rotatable bonds is 4. The average Bonchev–Trinajstić information content (AvgIpc) is 2.99. The zero-order valence-electron chi connectivity index (χ0n) is 13.8. The van der Waals surface area contributed by atoms with Crippen LogP contribution in [0.5, 0.6) is 17.2 Å². The van der Waals surface area contributed by atoms with Crippen LogP contribution < -0.4 is 9.47 Å². The summed E-state index contributed by atoms with van der Waals surface area (Å²) in [5.74, 6) is -0.00698. The van der Waals surface area contributed by atoms with Crippen molar-refractivity contribution in [3.63, 3.8) is 0 Å². The van der Waals surface area contributed by atoms with Gasteiger partial charge < -0.3 is 28.8 Å². The lowest BCUT2D eigenvalue weighted by atomic mass is 10.0. The molecule has 3 atom stereocenters. The number of hydrogen-bond donors (Lipinski definition) is 1. The summed E-state index contributed by atoms with van der Waals surface area (Å²) in [6.45, 7) is 2.57. The molecule has 3 rings (SSSR count). The first kappa shape index (κ1) is 17.1. The molecule has 0 unspecified atom stereocenters. The maximum Gasteiger partial charge on any atom is 0.303 e. The Labute approximate surface area is 143 Å². The third-order valence-electron chi connectivity index (χ3n) is 3.74. The molecule has 134 valence electrons. The van der Waals surface area contributed by atoms with Gasteiger partial charge in [0.25, 0.3) is 0 Å². The minimum absolute atomic E-state index is 0.0175. The summed E-state index contributed by atoms with van der Waals surface area (Å²) < 4.78 is 26.6. The van der Waals surface area contributed by atoms with Crippen LogP contribution in [0.25, 0.3) is 0 Å². The van der Waals surface area contributed by atoms with Crippen LogP contribution in [-0.2, 0) is 23.8 Å². The van der Waals surface area contributed by atoms with Gasteiger partial charge in [-0.25, -0.2) is 0 Å². The van der Waals surface area contributed by atoms with Crippen LogP contribution in [0.1, 0.15) is 25.5 Å². The van der Waals surface area contributed by atoms with E-state index in [1.165, 1.54) is 19.9 Å². The molecule has 2 aliphatic heterocycles. The molecule has 0 spiro atoms. The van der Waals surface area contributed by atoms with Gasteiger partial charge in [-0.05, 0) is 12.1 Å². The molecule has 1 N–H and O–H groups in total. The second-order valence-corrected chi connectivity index (χ2v) is 5.62. The molecule has 0 amide bonds. The van der Waals surface area contributed by atoms with Crippen molar-refractivity contribution < 1.29 is 38.4 Å². The lowest BCUT2D eigenvalue weighted by Crippen LogP contribution is -2.39. The maximum atomic E-state index is 11.2. The van der Waals surface area contributed by atoms with E-state index < -0.39 is 30.3 Å². The highest BCUT2D eigenvalue weighted by atomic mass is 16.7. The van der Waals surface area contributed by atoms with Crippen LogP contribution >= 0.6 is 0 Å². The number of fused-ring (bicyclic) bond motifs is 1. The fourth-order valence-electron chi connectivity index (χ4n) is 2.64. The highest BCUT2D eigenvalue weighted by molar-refractivity contribution is 5.67. The Balaban J connectivity index is 1.83. The van der Waals surface area contributed by atoms with Crippen molar-refractivity contribution in [2.45, 2.75) is 32.2 Å². The molecular formula is C17H18O8. The van der Waals surface area contributed by atoms with Gasteiger partial charge in [0.1, 0.15) is 30.7 Å². The topological polar surface area (TPSA) is 101 Å². The van der Waals surface area contributed by atoms with Crippen molar-refractivity contribution in [1.29, 1.82) is 0 Å². The number of aromatic hydroxyl groups is 1. The zero-order valence-corrected chi connectivity index (χ0v) is 13.8. The van der Waals surface area contributed by atoms with Gasteiger partial charge in [-0.3, -0.25) is 9.59 Å². The van der Waals surface area contributed by atoms with Crippen molar-refractivity contribution in [1.82, 2.24) is 0 Å². The van der Waals surface area contributed by atoms with E-state index in [9.17, 15) is 14.7 Å². The Kier molecular flexibility index (Phi) is 4.80. The van der Waals surface area contributed by atoms with E-state index in [0.29, 0.717) is 17.1 Å². The summed E-state index contributed by atoms with van der Waals surface area (Å²) in [5, 5.41) is 10.2. The summed E-state index contributed by atoms with van der Waals surface area (Å²) in [4.78, 5) is 22.3. The SMILES string of the molecule is CC(=O)OC[C@H]1O[C@H](c2cc3c(cc2O)OCO3)C=C[C@@H]1OC(C)=O. The van der Waals surface area contributed by atoms with E-state index in [4.69, 9.17) is 23.7 Å². The predicted molar refractivity (Wildman–Crippen MR) is 83.2 cm³/mol. The van der Waals surface area contributed by atoms with Crippen LogP contribution in [-0.4, -0.2) is 42.7 Å². The first-order chi connectivity index (χ1) is 11.9. The minimum Gasteiger partial charge on any atom is -0.507 e. The molecule has 0 saturated carbocycles. The smallest absolute Gasteiger partial charge is 0.303 e. The first-order valence-corrected chi connectivity index (χ1v) is 7.71. The van der Waals surface area contributed by atoms with E-state index >= 15 is 0 Å². The second-order valence-electron chi connectivity index (χ2n) is 5.62. The molecule has 2 aliphatic rings. The van der Waals surface area contributed by atoms with E-state index in [1.54, 1.807) is 18.2 Å². The highest BCUT2D eigenvalue weighted by Crippen LogP contribution is 2.42. The molecule has 0 bridgehead atoms. The highest BCUT2D eigenvalue weighted by Gasteiger charge is 2.33. The van der Waals surface area contributed by atoms with Gasteiger partial charge in [0, 0.05) is 25.5 Å². The number of phenols is 1. The molecule has 8 heteroatoms. The van der Waals surface area contributed by atoms with Crippen LogP contribution in [0, 0.1) is 0 Å². The summed E-state index contributed by atoms with van der Waals surface area (Å²) in [6.07, 6.45) is 1.29. The predicted octanol–water partition coefficient (Wildman–Crippen LogP) is 1.61. The molecule has 0 aromatic heterocycles. The quantitative estimate of drug-likeness (QED) is 0.646. The Morgan fingerprint density at radius 2 is 1.88 bits per heavy atom. The summed E-state index contributed by atoms with van der Waals surface area (Å²) in [7, 11) is 0. The number of benzene rings is 1. The number of ether oxygens (including phenoxy) is 5. The fourth-order valence-corrected chi connectivity index (χ4v) is 2.64. The van der Waals surface area contributed by atoms with Crippen molar-refractivity contribution in [3.05, 3.63) is 29.8 Å². The Hall–Kier alpha value is -2.74. The van der Waals surface area contributed by atoms with Gasteiger partial charge in [0.15, 0.2) is 11.5 Å². The largest absolute Gasteiger partial charge is 0.507 e. The molecular weight excluding hydrogens is 332 g/mol. The van der Waals surface area contributed by atoms with E-state index in [0.717, 1.165) is 0 Å². The molecule has 2 heterocycles. The molecule has 1 aromatic rings. The molecule has 8 nitrogen and oxygen atoms in total.